The summed E-state index contributed by atoms with van der Waals surface area (Å²) in [6.45, 7) is 1.17. The molecule has 2 nitrogen and oxygen atoms in total. The lowest BCUT2D eigenvalue weighted by atomic mass is 9.71. The van der Waals surface area contributed by atoms with Gasteiger partial charge in [-0.2, -0.15) is 0 Å². The number of ether oxygens (including phenoxy) is 1. The molecule has 1 aliphatic heterocycles. The van der Waals surface area contributed by atoms with Gasteiger partial charge in [-0.25, -0.2) is 0 Å². The fraction of sp³-hybridized carbons (Fsp3) is 0.647. The second-order valence-electron chi connectivity index (χ2n) is 6.63. The zero-order valence-electron chi connectivity index (χ0n) is 12.5. The summed E-state index contributed by atoms with van der Waals surface area (Å²) in [4.78, 5) is 2.30. The van der Waals surface area contributed by atoms with Crippen LogP contribution in [0.3, 0.4) is 0 Å². The minimum Gasteiger partial charge on any atom is -0.486 e. The molecular weight excluding hydrogens is 361 g/mol. The molecule has 1 aromatic rings. The Morgan fingerprint density at radius 1 is 1.35 bits per heavy atom. The van der Waals surface area contributed by atoms with Crippen molar-refractivity contribution in [1.82, 2.24) is 4.90 Å². The second kappa shape index (κ2) is 5.84. The Bertz CT molecular complexity index is 488. The minimum atomic E-state index is 0.0982. The summed E-state index contributed by atoms with van der Waals surface area (Å²) in [7, 11) is 4.34. The van der Waals surface area contributed by atoms with Crippen LogP contribution in [0.15, 0.2) is 18.2 Å². The highest BCUT2D eigenvalue weighted by Gasteiger charge is 2.46. The van der Waals surface area contributed by atoms with Crippen LogP contribution in [-0.2, 0) is 6.42 Å². The first-order valence-corrected chi connectivity index (χ1v) is 8.79. The zero-order valence-corrected chi connectivity index (χ0v) is 14.7. The van der Waals surface area contributed by atoms with Gasteiger partial charge in [-0.3, -0.25) is 0 Å². The van der Waals surface area contributed by atoms with Gasteiger partial charge in [0.15, 0.2) is 0 Å². The molecule has 20 heavy (non-hydrogen) atoms. The van der Waals surface area contributed by atoms with E-state index in [4.69, 9.17) is 4.74 Å². The van der Waals surface area contributed by atoms with Gasteiger partial charge in [0, 0.05) is 15.9 Å². The van der Waals surface area contributed by atoms with Crippen molar-refractivity contribution >= 4 is 22.6 Å². The first-order valence-electron chi connectivity index (χ1n) is 7.71. The number of halogens is 1. The molecule has 0 amide bonds. The van der Waals surface area contributed by atoms with E-state index in [1.54, 1.807) is 0 Å². The van der Waals surface area contributed by atoms with E-state index >= 15 is 0 Å². The molecule has 1 saturated carbocycles. The second-order valence-corrected chi connectivity index (χ2v) is 7.88. The molecule has 0 radical (unpaired) electrons. The fourth-order valence-corrected chi connectivity index (χ4v) is 4.39. The van der Waals surface area contributed by atoms with Crippen molar-refractivity contribution < 1.29 is 4.74 Å². The number of hydrogen-bond acceptors (Lipinski definition) is 2. The average Bonchev–Trinajstić information content (AvgIpc) is 2.75. The van der Waals surface area contributed by atoms with Gasteiger partial charge in [0.1, 0.15) is 11.4 Å². The maximum absolute atomic E-state index is 6.51. The molecule has 3 heteroatoms. The van der Waals surface area contributed by atoms with Crippen LogP contribution in [0.2, 0.25) is 0 Å². The first kappa shape index (κ1) is 14.6. The highest BCUT2D eigenvalue weighted by molar-refractivity contribution is 14.1. The van der Waals surface area contributed by atoms with Crippen molar-refractivity contribution in [2.45, 2.75) is 44.1 Å². The van der Waals surface area contributed by atoms with E-state index in [1.165, 1.54) is 47.8 Å². The quantitative estimate of drug-likeness (QED) is 0.727. The largest absolute Gasteiger partial charge is 0.486 e. The van der Waals surface area contributed by atoms with Crippen molar-refractivity contribution in [3.05, 3.63) is 27.3 Å². The van der Waals surface area contributed by atoms with E-state index < -0.39 is 0 Å². The van der Waals surface area contributed by atoms with Crippen molar-refractivity contribution in [3.63, 3.8) is 0 Å². The number of rotatable bonds is 3. The summed E-state index contributed by atoms with van der Waals surface area (Å²) >= 11 is 2.40. The van der Waals surface area contributed by atoms with E-state index in [1.807, 2.05) is 0 Å². The highest BCUT2D eigenvalue weighted by atomic mass is 127. The van der Waals surface area contributed by atoms with Gasteiger partial charge in [-0.15, -0.1) is 0 Å². The number of hydrogen-bond donors (Lipinski definition) is 0. The van der Waals surface area contributed by atoms with Crippen LogP contribution in [0.4, 0.5) is 0 Å². The minimum absolute atomic E-state index is 0.0982. The van der Waals surface area contributed by atoms with E-state index in [0.29, 0.717) is 5.92 Å². The molecular formula is C17H24INO. The molecule has 1 aliphatic carbocycles. The van der Waals surface area contributed by atoms with E-state index in [0.717, 1.165) is 12.2 Å². The lowest BCUT2D eigenvalue weighted by Crippen LogP contribution is -2.46. The third-order valence-corrected chi connectivity index (χ3v) is 5.57. The standard InChI is InChI=1S/C17H24INO/c1-19(2)10-8-14-5-3-4-9-17(14)12-13-11-15(18)6-7-16(13)20-17/h6-7,11,14H,3-5,8-10,12H2,1-2H3/t14-,17+/m1/s1. The van der Waals surface area contributed by atoms with E-state index in [2.05, 4.69) is 59.8 Å². The topological polar surface area (TPSA) is 12.5 Å². The van der Waals surface area contributed by atoms with Gasteiger partial charge in [0.05, 0.1) is 0 Å². The summed E-state index contributed by atoms with van der Waals surface area (Å²) in [5, 5.41) is 0. The Morgan fingerprint density at radius 2 is 2.20 bits per heavy atom. The van der Waals surface area contributed by atoms with E-state index in [-0.39, 0.29) is 5.60 Å². The molecule has 0 unspecified atom stereocenters. The summed E-state index contributed by atoms with van der Waals surface area (Å²) in [5.74, 6) is 1.85. The van der Waals surface area contributed by atoms with Gasteiger partial charge in [0.25, 0.3) is 0 Å². The van der Waals surface area contributed by atoms with Crippen LogP contribution in [0.1, 0.15) is 37.7 Å². The highest BCUT2D eigenvalue weighted by Crippen LogP contribution is 2.47. The first-order chi connectivity index (χ1) is 9.59. The van der Waals surface area contributed by atoms with Gasteiger partial charge < -0.3 is 9.64 Å². The average molecular weight is 385 g/mol. The molecule has 110 valence electrons. The number of benzene rings is 1. The molecule has 0 bridgehead atoms. The molecule has 3 rings (SSSR count). The van der Waals surface area contributed by atoms with Crippen LogP contribution in [0, 0.1) is 9.49 Å². The Hall–Kier alpha value is -0.290. The molecule has 2 aliphatic rings. The summed E-state index contributed by atoms with van der Waals surface area (Å²) in [5.41, 5.74) is 1.52. The molecule has 1 heterocycles. The van der Waals surface area contributed by atoms with Crippen molar-refractivity contribution in [2.75, 3.05) is 20.6 Å². The summed E-state index contributed by atoms with van der Waals surface area (Å²) < 4.78 is 7.84. The normalized spacial score (nSPS) is 28.7. The predicted octanol–water partition coefficient (Wildman–Crippen LogP) is 4.11. The maximum atomic E-state index is 6.51. The summed E-state index contributed by atoms with van der Waals surface area (Å²) in [6.07, 6.45) is 7.64. The van der Waals surface area contributed by atoms with Gasteiger partial charge in [-0.1, -0.05) is 6.42 Å². The predicted molar refractivity (Wildman–Crippen MR) is 91.4 cm³/mol. The Morgan fingerprint density at radius 3 is 3.00 bits per heavy atom. The molecule has 0 aromatic heterocycles. The summed E-state index contributed by atoms with van der Waals surface area (Å²) in [6, 6.07) is 6.64. The smallest absolute Gasteiger partial charge is 0.123 e. The molecule has 2 atom stereocenters. The monoisotopic (exact) mass is 385 g/mol. The molecule has 0 saturated heterocycles. The maximum Gasteiger partial charge on any atom is 0.123 e. The lowest BCUT2D eigenvalue weighted by molar-refractivity contribution is -0.0111. The van der Waals surface area contributed by atoms with Crippen LogP contribution in [-0.4, -0.2) is 31.1 Å². The fourth-order valence-electron chi connectivity index (χ4n) is 3.83. The van der Waals surface area contributed by atoms with Crippen LogP contribution >= 0.6 is 22.6 Å². The number of nitrogens with zero attached hydrogens (tertiary/aromatic N) is 1. The Labute approximate surface area is 136 Å². The van der Waals surface area contributed by atoms with Crippen molar-refractivity contribution in [2.24, 2.45) is 5.92 Å². The zero-order chi connectivity index (χ0) is 14.2. The Balaban J connectivity index is 1.80. The lowest BCUT2D eigenvalue weighted by Gasteiger charge is -2.41. The third kappa shape index (κ3) is 2.84. The molecule has 1 aromatic carbocycles. The molecule has 1 spiro atoms. The number of fused-ring (bicyclic) bond motifs is 1. The van der Waals surface area contributed by atoms with Crippen molar-refractivity contribution in [1.29, 1.82) is 0 Å². The van der Waals surface area contributed by atoms with Gasteiger partial charge >= 0.3 is 0 Å². The van der Waals surface area contributed by atoms with Gasteiger partial charge in [-0.05, 0) is 92.7 Å². The van der Waals surface area contributed by atoms with Gasteiger partial charge in [0.2, 0.25) is 0 Å². The molecule has 1 fully saturated rings. The van der Waals surface area contributed by atoms with Crippen LogP contribution < -0.4 is 4.74 Å². The molecule has 0 N–H and O–H groups in total. The third-order valence-electron chi connectivity index (χ3n) is 4.90. The van der Waals surface area contributed by atoms with Crippen LogP contribution in [0.25, 0.3) is 0 Å². The SMILES string of the molecule is CN(C)CC[C@H]1CCCC[C@]12Cc1cc(I)ccc1O2. The van der Waals surface area contributed by atoms with Crippen LogP contribution in [0.5, 0.6) is 5.75 Å². The van der Waals surface area contributed by atoms with E-state index in [9.17, 15) is 0 Å². The Kier molecular flexibility index (Phi) is 4.27. The van der Waals surface area contributed by atoms with Crippen molar-refractivity contribution in [3.8, 4) is 5.75 Å².